The lowest BCUT2D eigenvalue weighted by Crippen LogP contribution is -2.52. The molecule has 0 bridgehead atoms. The highest BCUT2D eigenvalue weighted by Gasteiger charge is 2.21. The molecular formula is C16H23N3O2. The molecular weight excluding hydrogens is 266 g/mol. The molecule has 3 amide bonds. The smallest absolute Gasteiger partial charge is 0.317 e. The Morgan fingerprint density at radius 3 is 2.29 bits per heavy atom. The van der Waals surface area contributed by atoms with Gasteiger partial charge in [0, 0.05) is 39.6 Å². The van der Waals surface area contributed by atoms with Gasteiger partial charge in [0.2, 0.25) is 5.91 Å². The zero-order valence-electron chi connectivity index (χ0n) is 12.5. The minimum atomic E-state index is -0.0220. The molecule has 114 valence electrons. The number of nitrogens with zero attached hydrogens (tertiary/aromatic N) is 2. The summed E-state index contributed by atoms with van der Waals surface area (Å²) in [6.07, 6.45) is 1.91. The van der Waals surface area contributed by atoms with Gasteiger partial charge >= 0.3 is 6.03 Å². The highest BCUT2D eigenvalue weighted by atomic mass is 16.2. The van der Waals surface area contributed by atoms with E-state index >= 15 is 0 Å². The van der Waals surface area contributed by atoms with Crippen LogP contribution in [-0.2, 0) is 11.2 Å². The van der Waals surface area contributed by atoms with Crippen LogP contribution in [0, 0.1) is 0 Å². The minimum absolute atomic E-state index is 0.0220. The second-order valence-electron chi connectivity index (χ2n) is 5.31. The quantitative estimate of drug-likeness (QED) is 0.854. The van der Waals surface area contributed by atoms with Crippen molar-refractivity contribution in [3.8, 4) is 0 Å². The van der Waals surface area contributed by atoms with Crippen LogP contribution in [-0.4, -0.2) is 54.5 Å². The van der Waals surface area contributed by atoms with E-state index in [1.807, 2.05) is 18.2 Å². The summed E-state index contributed by atoms with van der Waals surface area (Å²) >= 11 is 0. The van der Waals surface area contributed by atoms with Crippen LogP contribution in [0.4, 0.5) is 4.79 Å². The Bertz CT molecular complexity index is 468. The van der Waals surface area contributed by atoms with E-state index < -0.39 is 0 Å². The van der Waals surface area contributed by atoms with Crippen molar-refractivity contribution in [3.63, 3.8) is 0 Å². The fourth-order valence-corrected chi connectivity index (χ4v) is 2.47. The molecule has 2 rings (SSSR count). The van der Waals surface area contributed by atoms with Gasteiger partial charge in [-0.1, -0.05) is 30.3 Å². The fourth-order valence-electron chi connectivity index (χ4n) is 2.47. The molecule has 0 atom stereocenters. The predicted octanol–water partition coefficient (Wildman–Crippen LogP) is 1.49. The van der Waals surface area contributed by atoms with Gasteiger partial charge in [-0.3, -0.25) is 4.79 Å². The van der Waals surface area contributed by atoms with Crippen LogP contribution in [0.1, 0.15) is 18.9 Å². The SMILES string of the molecule is CC(=O)N1CCN(C(=O)NCCCc2ccccc2)CC1. The topological polar surface area (TPSA) is 52.7 Å². The van der Waals surface area contributed by atoms with Gasteiger partial charge in [-0.2, -0.15) is 0 Å². The van der Waals surface area contributed by atoms with Gasteiger partial charge in [-0.25, -0.2) is 4.79 Å². The maximum absolute atomic E-state index is 12.0. The van der Waals surface area contributed by atoms with Crippen molar-refractivity contribution < 1.29 is 9.59 Å². The number of benzene rings is 1. The molecule has 0 unspecified atom stereocenters. The van der Waals surface area contributed by atoms with Crippen LogP contribution in [0.25, 0.3) is 0 Å². The lowest BCUT2D eigenvalue weighted by molar-refractivity contribution is -0.130. The third kappa shape index (κ3) is 4.77. The summed E-state index contributed by atoms with van der Waals surface area (Å²) in [7, 11) is 0. The first-order chi connectivity index (χ1) is 10.2. The molecule has 1 aliphatic heterocycles. The zero-order chi connectivity index (χ0) is 15.1. The first kappa shape index (κ1) is 15.4. The Balaban J connectivity index is 1.63. The van der Waals surface area contributed by atoms with E-state index in [9.17, 15) is 9.59 Å². The number of hydrogen-bond donors (Lipinski definition) is 1. The van der Waals surface area contributed by atoms with E-state index in [2.05, 4.69) is 17.4 Å². The molecule has 1 saturated heterocycles. The van der Waals surface area contributed by atoms with Crippen LogP contribution in [0.3, 0.4) is 0 Å². The summed E-state index contributed by atoms with van der Waals surface area (Å²) in [5.74, 6) is 0.0814. The molecule has 0 radical (unpaired) electrons. The summed E-state index contributed by atoms with van der Waals surface area (Å²) < 4.78 is 0. The van der Waals surface area contributed by atoms with Gasteiger partial charge in [0.1, 0.15) is 0 Å². The number of piperazine rings is 1. The molecule has 1 fully saturated rings. The Labute approximate surface area is 125 Å². The van der Waals surface area contributed by atoms with E-state index in [1.54, 1.807) is 16.7 Å². The molecule has 1 aromatic rings. The van der Waals surface area contributed by atoms with E-state index in [0.29, 0.717) is 32.7 Å². The van der Waals surface area contributed by atoms with Crippen LogP contribution in [0.2, 0.25) is 0 Å². The highest BCUT2D eigenvalue weighted by Crippen LogP contribution is 2.03. The van der Waals surface area contributed by atoms with Gasteiger partial charge in [-0.05, 0) is 18.4 Å². The molecule has 21 heavy (non-hydrogen) atoms. The monoisotopic (exact) mass is 289 g/mol. The maximum atomic E-state index is 12.0. The summed E-state index contributed by atoms with van der Waals surface area (Å²) in [6, 6.07) is 10.2. The number of carbonyl (C=O) groups is 2. The first-order valence-corrected chi connectivity index (χ1v) is 7.49. The van der Waals surface area contributed by atoms with Crippen molar-refractivity contribution in [1.82, 2.24) is 15.1 Å². The van der Waals surface area contributed by atoms with Crippen LogP contribution in [0.5, 0.6) is 0 Å². The van der Waals surface area contributed by atoms with Gasteiger partial charge in [-0.15, -0.1) is 0 Å². The number of carbonyl (C=O) groups excluding carboxylic acids is 2. The van der Waals surface area contributed by atoms with Crippen LogP contribution >= 0.6 is 0 Å². The molecule has 5 heteroatoms. The zero-order valence-corrected chi connectivity index (χ0v) is 12.5. The first-order valence-electron chi connectivity index (χ1n) is 7.49. The van der Waals surface area contributed by atoms with E-state index in [4.69, 9.17) is 0 Å². The minimum Gasteiger partial charge on any atom is -0.339 e. The van der Waals surface area contributed by atoms with Crippen molar-refractivity contribution >= 4 is 11.9 Å². The molecule has 1 aliphatic rings. The van der Waals surface area contributed by atoms with E-state index in [-0.39, 0.29) is 11.9 Å². The number of hydrogen-bond acceptors (Lipinski definition) is 2. The number of rotatable bonds is 4. The summed E-state index contributed by atoms with van der Waals surface area (Å²) in [5.41, 5.74) is 1.29. The standard InChI is InChI=1S/C16H23N3O2/c1-14(20)18-10-12-19(13-11-18)16(21)17-9-5-8-15-6-3-2-4-7-15/h2-4,6-7H,5,8-13H2,1H3,(H,17,21). The van der Waals surface area contributed by atoms with Gasteiger partial charge in [0.15, 0.2) is 0 Å². The molecule has 0 aromatic heterocycles. The van der Waals surface area contributed by atoms with Crippen molar-refractivity contribution in [2.24, 2.45) is 0 Å². The molecule has 5 nitrogen and oxygen atoms in total. The summed E-state index contributed by atoms with van der Waals surface area (Å²) in [6.45, 7) is 4.74. The van der Waals surface area contributed by atoms with Gasteiger partial charge < -0.3 is 15.1 Å². The number of urea groups is 1. The van der Waals surface area contributed by atoms with Crippen molar-refractivity contribution in [2.45, 2.75) is 19.8 Å². The Hall–Kier alpha value is -2.04. The van der Waals surface area contributed by atoms with E-state index in [0.717, 1.165) is 12.8 Å². The molecule has 0 spiro atoms. The molecule has 0 aliphatic carbocycles. The second-order valence-corrected chi connectivity index (χ2v) is 5.31. The normalized spacial score (nSPS) is 14.9. The molecule has 1 heterocycles. The summed E-state index contributed by atoms with van der Waals surface area (Å²) in [5, 5.41) is 2.95. The van der Waals surface area contributed by atoms with E-state index in [1.165, 1.54) is 5.56 Å². The average Bonchev–Trinajstić information content (AvgIpc) is 2.52. The third-order valence-corrected chi connectivity index (χ3v) is 3.77. The maximum Gasteiger partial charge on any atom is 0.317 e. The lowest BCUT2D eigenvalue weighted by Gasteiger charge is -2.34. The molecule has 1 aromatic carbocycles. The predicted molar refractivity (Wildman–Crippen MR) is 82.0 cm³/mol. The molecule has 0 saturated carbocycles. The Morgan fingerprint density at radius 2 is 1.67 bits per heavy atom. The Kier molecular flexibility index (Phi) is 5.60. The van der Waals surface area contributed by atoms with Crippen LogP contribution < -0.4 is 5.32 Å². The van der Waals surface area contributed by atoms with Crippen molar-refractivity contribution in [1.29, 1.82) is 0 Å². The number of nitrogens with one attached hydrogen (secondary N) is 1. The lowest BCUT2D eigenvalue weighted by atomic mass is 10.1. The molecule has 1 N–H and O–H groups in total. The van der Waals surface area contributed by atoms with Gasteiger partial charge in [0.25, 0.3) is 0 Å². The second kappa shape index (κ2) is 7.67. The van der Waals surface area contributed by atoms with Gasteiger partial charge in [0.05, 0.1) is 0 Å². The van der Waals surface area contributed by atoms with Crippen molar-refractivity contribution in [2.75, 3.05) is 32.7 Å². The highest BCUT2D eigenvalue weighted by molar-refractivity contribution is 5.76. The summed E-state index contributed by atoms with van der Waals surface area (Å²) in [4.78, 5) is 26.8. The van der Waals surface area contributed by atoms with Crippen molar-refractivity contribution in [3.05, 3.63) is 35.9 Å². The Morgan fingerprint density at radius 1 is 1.05 bits per heavy atom. The third-order valence-electron chi connectivity index (χ3n) is 3.77. The fraction of sp³-hybridized carbons (Fsp3) is 0.500. The number of aryl methyl sites for hydroxylation is 1. The average molecular weight is 289 g/mol. The largest absolute Gasteiger partial charge is 0.339 e. The number of amides is 3. The van der Waals surface area contributed by atoms with Crippen LogP contribution in [0.15, 0.2) is 30.3 Å².